The SMILES string of the molecule is C/C(=N/NC(=O)CNc1ccc(C)cc1)c1cccc(OC(F)F)c1. The lowest BCUT2D eigenvalue weighted by Gasteiger charge is -2.08. The van der Waals surface area contributed by atoms with Gasteiger partial charge in [0, 0.05) is 11.3 Å². The number of alkyl halides is 2. The van der Waals surface area contributed by atoms with Gasteiger partial charge in [-0.05, 0) is 38.1 Å². The molecule has 0 saturated heterocycles. The van der Waals surface area contributed by atoms with E-state index in [9.17, 15) is 13.6 Å². The first-order valence-corrected chi connectivity index (χ1v) is 7.63. The van der Waals surface area contributed by atoms with Crippen LogP contribution in [0.3, 0.4) is 0 Å². The largest absolute Gasteiger partial charge is 0.435 e. The second-order valence-electron chi connectivity index (χ2n) is 5.36. The van der Waals surface area contributed by atoms with E-state index in [0.717, 1.165) is 11.3 Å². The number of nitrogens with one attached hydrogen (secondary N) is 2. The van der Waals surface area contributed by atoms with Gasteiger partial charge in [-0.25, -0.2) is 5.43 Å². The molecule has 0 aromatic heterocycles. The highest BCUT2D eigenvalue weighted by molar-refractivity contribution is 5.99. The van der Waals surface area contributed by atoms with Crippen molar-refractivity contribution in [1.29, 1.82) is 0 Å². The lowest BCUT2D eigenvalue weighted by molar-refractivity contribution is -0.119. The maximum Gasteiger partial charge on any atom is 0.387 e. The molecule has 0 radical (unpaired) electrons. The molecule has 1 amide bonds. The summed E-state index contributed by atoms with van der Waals surface area (Å²) in [5.74, 6) is -0.283. The number of amides is 1. The van der Waals surface area contributed by atoms with Crippen LogP contribution in [0.5, 0.6) is 5.75 Å². The lowest BCUT2D eigenvalue weighted by atomic mass is 10.1. The molecule has 2 N–H and O–H groups in total. The maximum atomic E-state index is 12.2. The third-order valence-corrected chi connectivity index (χ3v) is 3.33. The summed E-state index contributed by atoms with van der Waals surface area (Å²) in [7, 11) is 0. The summed E-state index contributed by atoms with van der Waals surface area (Å²) < 4.78 is 28.8. The molecular formula is C18H19F2N3O2. The number of benzene rings is 2. The number of aryl methyl sites for hydroxylation is 1. The summed E-state index contributed by atoms with van der Waals surface area (Å²) in [5.41, 5.74) is 5.43. The highest BCUT2D eigenvalue weighted by Crippen LogP contribution is 2.16. The number of hydrogen-bond donors (Lipinski definition) is 2. The van der Waals surface area contributed by atoms with Gasteiger partial charge in [-0.1, -0.05) is 29.8 Å². The maximum absolute atomic E-state index is 12.2. The first kappa shape index (κ1) is 18.4. The zero-order chi connectivity index (χ0) is 18.2. The first-order valence-electron chi connectivity index (χ1n) is 7.63. The monoisotopic (exact) mass is 347 g/mol. The topological polar surface area (TPSA) is 62.7 Å². The molecule has 0 bridgehead atoms. The Kier molecular flexibility index (Phi) is 6.45. The van der Waals surface area contributed by atoms with Gasteiger partial charge >= 0.3 is 6.61 Å². The molecule has 2 aromatic rings. The fraction of sp³-hybridized carbons (Fsp3) is 0.222. The number of rotatable bonds is 7. The average molecular weight is 347 g/mol. The normalized spacial score (nSPS) is 11.3. The predicted molar refractivity (Wildman–Crippen MR) is 93.1 cm³/mol. The van der Waals surface area contributed by atoms with Gasteiger partial charge in [-0.3, -0.25) is 4.79 Å². The van der Waals surface area contributed by atoms with E-state index in [2.05, 4.69) is 20.6 Å². The molecule has 0 spiro atoms. The highest BCUT2D eigenvalue weighted by Gasteiger charge is 2.06. The Balaban J connectivity index is 1.89. The molecule has 0 aliphatic heterocycles. The number of carbonyl (C=O) groups excluding carboxylic acids is 1. The van der Waals surface area contributed by atoms with Crippen molar-refractivity contribution >= 4 is 17.3 Å². The molecule has 7 heteroatoms. The molecule has 0 saturated carbocycles. The molecule has 2 aromatic carbocycles. The van der Waals surface area contributed by atoms with Crippen LogP contribution in [0.1, 0.15) is 18.1 Å². The quantitative estimate of drug-likeness (QED) is 0.595. The van der Waals surface area contributed by atoms with Crippen LogP contribution in [0.2, 0.25) is 0 Å². The van der Waals surface area contributed by atoms with Gasteiger partial charge in [0.25, 0.3) is 5.91 Å². The van der Waals surface area contributed by atoms with Crippen LogP contribution in [0.25, 0.3) is 0 Å². The average Bonchev–Trinajstić information content (AvgIpc) is 2.59. The van der Waals surface area contributed by atoms with E-state index < -0.39 is 6.61 Å². The number of halogens is 2. The summed E-state index contributed by atoms with van der Waals surface area (Å²) >= 11 is 0. The smallest absolute Gasteiger partial charge is 0.387 e. The van der Waals surface area contributed by atoms with E-state index in [4.69, 9.17) is 0 Å². The Labute approximate surface area is 144 Å². The van der Waals surface area contributed by atoms with Crippen LogP contribution >= 0.6 is 0 Å². The lowest BCUT2D eigenvalue weighted by Crippen LogP contribution is -2.26. The van der Waals surface area contributed by atoms with Gasteiger partial charge in [-0.15, -0.1) is 0 Å². The predicted octanol–water partition coefficient (Wildman–Crippen LogP) is 3.55. The summed E-state index contributed by atoms with van der Waals surface area (Å²) in [4.78, 5) is 11.8. The number of nitrogens with zero attached hydrogens (tertiary/aromatic N) is 1. The molecule has 5 nitrogen and oxygen atoms in total. The zero-order valence-electron chi connectivity index (χ0n) is 13.9. The summed E-state index contributed by atoms with van der Waals surface area (Å²) in [6.07, 6.45) is 0. The molecule has 25 heavy (non-hydrogen) atoms. The second-order valence-corrected chi connectivity index (χ2v) is 5.36. The van der Waals surface area contributed by atoms with Crippen molar-refractivity contribution in [3.63, 3.8) is 0 Å². The minimum atomic E-state index is -2.89. The van der Waals surface area contributed by atoms with Gasteiger partial charge in [0.1, 0.15) is 5.75 Å². The van der Waals surface area contributed by atoms with Crippen molar-refractivity contribution in [3.05, 3.63) is 59.7 Å². The van der Waals surface area contributed by atoms with E-state index in [1.807, 2.05) is 31.2 Å². The molecule has 0 aliphatic carbocycles. The van der Waals surface area contributed by atoms with Crippen molar-refractivity contribution in [2.24, 2.45) is 5.10 Å². The highest BCUT2D eigenvalue weighted by atomic mass is 19.3. The van der Waals surface area contributed by atoms with Crippen LogP contribution in [-0.4, -0.2) is 24.8 Å². The van der Waals surface area contributed by atoms with Crippen molar-refractivity contribution in [1.82, 2.24) is 5.43 Å². The number of anilines is 1. The Hall–Kier alpha value is -2.96. The number of ether oxygens (including phenoxy) is 1. The Morgan fingerprint density at radius 2 is 1.92 bits per heavy atom. The summed E-state index contributed by atoms with van der Waals surface area (Å²) in [6, 6.07) is 13.8. The van der Waals surface area contributed by atoms with Gasteiger partial charge in [0.05, 0.1) is 12.3 Å². The standard InChI is InChI=1S/C18H19F2N3O2/c1-12-6-8-15(9-7-12)21-11-17(24)23-22-13(2)14-4-3-5-16(10-14)25-18(19)20/h3-10,18,21H,11H2,1-2H3,(H,23,24)/b22-13-. The molecular weight excluding hydrogens is 328 g/mol. The van der Waals surface area contributed by atoms with Crippen LogP contribution in [0.15, 0.2) is 53.6 Å². The number of hydrogen-bond acceptors (Lipinski definition) is 4. The van der Waals surface area contributed by atoms with Gasteiger partial charge in [0.15, 0.2) is 0 Å². The van der Waals surface area contributed by atoms with E-state index in [1.54, 1.807) is 19.1 Å². The number of carbonyl (C=O) groups is 1. The van der Waals surface area contributed by atoms with Crippen molar-refractivity contribution in [2.45, 2.75) is 20.5 Å². The van der Waals surface area contributed by atoms with Gasteiger partial charge in [0.2, 0.25) is 0 Å². The van der Waals surface area contributed by atoms with Crippen molar-refractivity contribution in [3.8, 4) is 5.75 Å². The molecule has 2 rings (SSSR count). The van der Waals surface area contributed by atoms with E-state index in [1.165, 1.54) is 12.1 Å². The molecule has 0 atom stereocenters. The van der Waals surface area contributed by atoms with Crippen LogP contribution in [0, 0.1) is 6.92 Å². The molecule has 0 fully saturated rings. The molecule has 0 unspecified atom stereocenters. The van der Waals surface area contributed by atoms with E-state index >= 15 is 0 Å². The summed E-state index contributed by atoms with van der Waals surface area (Å²) in [5, 5.41) is 6.96. The molecule has 0 aliphatic rings. The van der Waals surface area contributed by atoms with Gasteiger partial charge < -0.3 is 10.1 Å². The van der Waals surface area contributed by atoms with Crippen LogP contribution < -0.4 is 15.5 Å². The Morgan fingerprint density at radius 1 is 1.20 bits per heavy atom. The minimum absolute atomic E-state index is 0.0365. The zero-order valence-corrected chi connectivity index (χ0v) is 13.9. The third-order valence-electron chi connectivity index (χ3n) is 3.33. The Bertz CT molecular complexity index is 746. The van der Waals surface area contributed by atoms with Crippen molar-refractivity contribution in [2.75, 3.05) is 11.9 Å². The summed E-state index contributed by atoms with van der Waals surface area (Å²) in [6.45, 7) is 0.818. The fourth-order valence-corrected chi connectivity index (χ4v) is 2.00. The number of hydrazone groups is 1. The van der Waals surface area contributed by atoms with E-state index in [0.29, 0.717) is 11.3 Å². The minimum Gasteiger partial charge on any atom is -0.435 e. The molecule has 0 heterocycles. The van der Waals surface area contributed by atoms with Gasteiger partial charge in [-0.2, -0.15) is 13.9 Å². The first-order chi connectivity index (χ1) is 11.9. The van der Waals surface area contributed by atoms with E-state index in [-0.39, 0.29) is 18.2 Å². The van der Waals surface area contributed by atoms with Crippen LogP contribution in [0.4, 0.5) is 14.5 Å². The van der Waals surface area contributed by atoms with Crippen LogP contribution in [-0.2, 0) is 4.79 Å². The second kappa shape index (κ2) is 8.77. The van der Waals surface area contributed by atoms with Crippen molar-refractivity contribution < 1.29 is 18.3 Å². The third kappa shape index (κ3) is 6.21. The molecule has 132 valence electrons. The fourth-order valence-electron chi connectivity index (χ4n) is 2.00. The Morgan fingerprint density at radius 3 is 2.60 bits per heavy atom.